The summed E-state index contributed by atoms with van der Waals surface area (Å²) < 4.78 is 45.1. The van der Waals surface area contributed by atoms with Crippen molar-refractivity contribution in [2.24, 2.45) is 11.8 Å². The third-order valence-electron chi connectivity index (χ3n) is 6.53. The van der Waals surface area contributed by atoms with Crippen LogP contribution < -0.4 is 0 Å². The van der Waals surface area contributed by atoms with Gasteiger partial charge in [0.05, 0.1) is 5.41 Å². The van der Waals surface area contributed by atoms with Crippen LogP contribution in [0.2, 0.25) is 0 Å². The number of halogens is 3. The fourth-order valence-electron chi connectivity index (χ4n) is 4.58. The Labute approximate surface area is 172 Å². The highest BCUT2D eigenvalue weighted by Gasteiger charge is 2.60. The van der Waals surface area contributed by atoms with Gasteiger partial charge in [0.1, 0.15) is 0 Å². The Morgan fingerprint density at radius 1 is 1.23 bits per heavy atom. The molecular weight excluding hydrogens is 399 g/mol. The number of aromatic nitrogens is 2. The average Bonchev–Trinajstić information content (AvgIpc) is 3.35. The summed E-state index contributed by atoms with van der Waals surface area (Å²) in [7, 11) is 0. The van der Waals surface area contributed by atoms with Gasteiger partial charge in [-0.3, -0.25) is 4.79 Å². The van der Waals surface area contributed by atoms with E-state index in [1.165, 1.54) is 0 Å². The Hall–Kier alpha value is -2.42. The van der Waals surface area contributed by atoms with Gasteiger partial charge in [0.25, 0.3) is 5.91 Å². The lowest BCUT2D eigenvalue weighted by Crippen LogP contribution is -2.58. The number of benzene rings is 1. The van der Waals surface area contributed by atoms with E-state index in [9.17, 15) is 23.1 Å². The van der Waals surface area contributed by atoms with Crippen LogP contribution in [0, 0.1) is 11.8 Å². The summed E-state index contributed by atoms with van der Waals surface area (Å²) in [5.74, 6) is -0.254. The molecule has 2 heterocycles. The van der Waals surface area contributed by atoms with Crippen LogP contribution in [0.5, 0.6) is 0 Å². The molecule has 0 spiro atoms. The molecule has 4 rings (SSSR count). The van der Waals surface area contributed by atoms with Crippen LogP contribution >= 0.6 is 0 Å². The number of rotatable bonds is 4. The minimum absolute atomic E-state index is 0.0682. The molecule has 1 aliphatic carbocycles. The molecule has 9 heteroatoms. The SMILES string of the molecule is C[C@@H]1CN(C(=O)[C@@](C)(O)C(F)(F)F)CC[C@@H]1C1(c2nnc(-c3ccccc3)o2)CC1. The second kappa shape index (κ2) is 7.08. The zero-order valence-electron chi connectivity index (χ0n) is 16.8. The zero-order chi connectivity index (χ0) is 21.7. The maximum atomic E-state index is 13.1. The number of amides is 1. The molecule has 2 fully saturated rings. The molecule has 1 aromatic heterocycles. The smallest absolute Gasteiger partial charge is 0.420 e. The molecule has 0 unspecified atom stereocenters. The summed E-state index contributed by atoms with van der Waals surface area (Å²) in [6, 6.07) is 9.44. The Morgan fingerprint density at radius 2 is 1.90 bits per heavy atom. The van der Waals surface area contributed by atoms with Crippen LogP contribution in [0.25, 0.3) is 11.5 Å². The molecular formula is C21H24F3N3O3. The van der Waals surface area contributed by atoms with E-state index in [0.717, 1.165) is 23.3 Å². The minimum Gasteiger partial charge on any atom is -0.420 e. The minimum atomic E-state index is -5.01. The number of piperidine rings is 1. The third kappa shape index (κ3) is 3.38. The molecule has 1 aromatic carbocycles. The number of likely N-dealkylation sites (tertiary alicyclic amines) is 1. The van der Waals surface area contributed by atoms with E-state index in [0.29, 0.717) is 25.1 Å². The van der Waals surface area contributed by atoms with Crippen molar-refractivity contribution in [1.29, 1.82) is 0 Å². The van der Waals surface area contributed by atoms with Crippen LogP contribution in [0.15, 0.2) is 34.7 Å². The van der Waals surface area contributed by atoms with Crippen molar-refractivity contribution in [3.05, 3.63) is 36.2 Å². The molecule has 162 valence electrons. The fourth-order valence-corrected chi connectivity index (χ4v) is 4.58. The number of alkyl halides is 3. The van der Waals surface area contributed by atoms with Crippen molar-refractivity contribution >= 4 is 5.91 Å². The zero-order valence-corrected chi connectivity index (χ0v) is 16.8. The first-order valence-corrected chi connectivity index (χ1v) is 10.0. The standard InChI is InChI=1S/C21H24F3N3O3/c1-13-12-27(18(28)19(2,29)21(22,23)24)11-8-15(13)20(9-10-20)17-26-25-16(30-17)14-6-4-3-5-7-14/h3-7,13,15,29H,8-12H2,1-2H3/t13-,15+,19-/m1/s1. The Bertz CT molecular complexity index is 922. The van der Waals surface area contributed by atoms with Crippen molar-refractivity contribution in [3.8, 4) is 11.5 Å². The van der Waals surface area contributed by atoms with E-state index >= 15 is 0 Å². The molecule has 6 nitrogen and oxygen atoms in total. The second-order valence-electron chi connectivity index (χ2n) is 8.63. The van der Waals surface area contributed by atoms with Crippen LogP contribution in [0.1, 0.15) is 39.0 Å². The van der Waals surface area contributed by atoms with E-state index in [2.05, 4.69) is 10.2 Å². The van der Waals surface area contributed by atoms with Gasteiger partial charge in [-0.1, -0.05) is 25.1 Å². The molecule has 30 heavy (non-hydrogen) atoms. The molecule has 1 saturated heterocycles. The molecule has 0 radical (unpaired) electrons. The summed E-state index contributed by atoms with van der Waals surface area (Å²) in [5.41, 5.74) is -2.84. The maximum Gasteiger partial charge on any atom is 0.426 e. The lowest BCUT2D eigenvalue weighted by atomic mass is 9.74. The number of hydrogen-bond acceptors (Lipinski definition) is 5. The van der Waals surface area contributed by atoms with E-state index < -0.39 is 17.7 Å². The fraction of sp³-hybridized carbons (Fsp3) is 0.571. The maximum absolute atomic E-state index is 13.1. The summed E-state index contributed by atoms with van der Waals surface area (Å²) in [6.45, 7) is 2.73. The Morgan fingerprint density at radius 3 is 2.47 bits per heavy atom. The average molecular weight is 423 g/mol. The van der Waals surface area contributed by atoms with Gasteiger partial charge in [0.2, 0.25) is 17.4 Å². The van der Waals surface area contributed by atoms with E-state index in [4.69, 9.17) is 4.42 Å². The van der Waals surface area contributed by atoms with Crippen molar-refractivity contribution < 1.29 is 27.5 Å². The number of aliphatic hydroxyl groups is 1. The molecule has 2 aromatic rings. The number of carbonyl (C=O) groups excluding carboxylic acids is 1. The van der Waals surface area contributed by atoms with Gasteiger partial charge >= 0.3 is 6.18 Å². The predicted molar refractivity (Wildman–Crippen MR) is 101 cm³/mol. The first-order valence-electron chi connectivity index (χ1n) is 10.0. The third-order valence-corrected chi connectivity index (χ3v) is 6.53. The summed E-state index contributed by atoms with van der Waals surface area (Å²) in [5, 5.41) is 18.2. The van der Waals surface area contributed by atoms with E-state index in [-0.39, 0.29) is 30.3 Å². The van der Waals surface area contributed by atoms with Gasteiger partial charge in [-0.2, -0.15) is 13.2 Å². The van der Waals surface area contributed by atoms with Crippen molar-refractivity contribution in [2.45, 2.75) is 50.3 Å². The van der Waals surface area contributed by atoms with Crippen molar-refractivity contribution in [1.82, 2.24) is 15.1 Å². The predicted octanol–water partition coefficient (Wildman–Crippen LogP) is 3.57. The van der Waals surface area contributed by atoms with E-state index in [1.54, 1.807) is 0 Å². The van der Waals surface area contributed by atoms with Crippen molar-refractivity contribution in [2.75, 3.05) is 13.1 Å². The van der Waals surface area contributed by atoms with Crippen LogP contribution in [-0.4, -0.2) is 51.0 Å². The first-order chi connectivity index (χ1) is 14.1. The summed E-state index contributed by atoms with van der Waals surface area (Å²) in [6.07, 6.45) is -2.76. The molecule has 3 atom stereocenters. The molecule has 1 N–H and O–H groups in total. The number of hydrogen-bond donors (Lipinski definition) is 1. The van der Waals surface area contributed by atoms with Gasteiger partial charge < -0.3 is 14.4 Å². The molecule has 1 saturated carbocycles. The first kappa shape index (κ1) is 20.8. The monoisotopic (exact) mass is 423 g/mol. The summed E-state index contributed by atoms with van der Waals surface area (Å²) in [4.78, 5) is 13.4. The van der Waals surface area contributed by atoms with E-state index in [1.807, 2.05) is 37.3 Å². The molecule has 1 amide bonds. The number of carbonyl (C=O) groups is 1. The number of nitrogens with zero attached hydrogens (tertiary/aromatic N) is 3. The molecule has 0 bridgehead atoms. The van der Waals surface area contributed by atoms with Crippen molar-refractivity contribution in [3.63, 3.8) is 0 Å². The van der Waals surface area contributed by atoms with Gasteiger partial charge in [-0.15, -0.1) is 10.2 Å². The lowest BCUT2D eigenvalue weighted by molar-refractivity contribution is -0.251. The largest absolute Gasteiger partial charge is 0.426 e. The van der Waals surface area contributed by atoms with Gasteiger partial charge in [0, 0.05) is 18.7 Å². The lowest BCUT2D eigenvalue weighted by Gasteiger charge is -2.42. The van der Waals surface area contributed by atoms with Gasteiger partial charge in [-0.05, 0) is 50.2 Å². The highest BCUT2D eigenvalue weighted by molar-refractivity contribution is 5.85. The topological polar surface area (TPSA) is 79.5 Å². The highest BCUT2D eigenvalue weighted by atomic mass is 19.4. The van der Waals surface area contributed by atoms with Crippen LogP contribution in [0.4, 0.5) is 13.2 Å². The normalized spacial score (nSPS) is 25.6. The van der Waals surface area contributed by atoms with Gasteiger partial charge in [0.15, 0.2) is 0 Å². The Balaban J connectivity index is 1.49. The quantitative estimate of drug-likeness (QED) is 0.814. The second-order valence-corrected chi connectivity index (χ2v) is 8.63. The summed E-state index contributed by atoms with van der Waals surface area (Å²) >= 11 is 0. The van der Waals surface area contributed by atoms with Gasteiger partial charge in [-0.25, -0.2) is 0 Å². The highest BCUT2D eigenvalue weighted by Crippen LogP contribution is 2.58. The van der Waals surface area contributed by atoms with Crippen LogP contribution in [0.3, 0.4) is 0 Å². The molecule has 2 aliphatic rings. The van der Waals surface area contributed by atoms with Crippen LogP contribution in [-0.2, 0) is 10.2 Å². The molecule has 1 aliphatic heterocycles. The Kier molecular flexibility index (Phi) is 4.91.